The molecule has 7 heteroatoms. The molecule has 1 aliphatic rings. The molecule has 0 aliphatic carbocycles. The molecule has 0 fully saturated rings. The molecule has 0 unspecified atom stereocenters. The molecule has 0 spiro atoms. The number of amides is 1. The van der Waals surface area contributed by atoms with Crippen LogP contribution in [0.4, 0.5) is 10.1 Å². The van der Waals surface area contributed by atoms with Crippen molar-refractivity contribution < 1.29 is 14.0 Å². The van der Waals surface area contributed by atoms with Crippen molar-refractivity contribution in [2.45, 2.75) is 12.8 Å². The summed E-state index contributed by atoms with van der Waals surface area (Å²) in [5.41, 5.74) is 1.26. The van der Waals surface area contributed by atoms with Crippen LogP contribution in [0.5, 0.6) is 0 Å². The fourth-order valence-electron chi connectivity index (χ4n) is 2.22. The number of thiophene rings is 1. The fourth-order valence-corrected chi connectivity index (χ4v) is 3.67. The summed E-state index contributed by atoms with van der Waals surface area (Å²) in [6, 6.07) is 4.06. The van der Waals surface area contributed by atoms with Gasteiger partial charge < -0.3 is 5.32 Å². The highest BCUT2D eigenvalue weighted by Crippen LogP contribution is 2.34. The second-order valence-corrected chi connectivity index (χ2v) is 6.89. The molecule has 0 radical (unpaired) electrons. The third kappa shape index (κ3) is 2.69. The molecule has 0 saturated heterocycles. The molecule has 1 aliphatic heterocycles. The second kappa shape index (κ2) is 5.40. The normalized spacial score (nSPS) is 13.8. The number of fused-ring (bicyclic) bond motifs is 1. The van der Waals surface area contributed by atoms with Gasteiger partial charge in [0.05, 0.1) is 15.5 Å². The van der Waals surface area contributed by atoms with Crippen LogP contribution in [-0.4, -0.2) is 11.7 Å². The maximum atomic E-state index is 14.1. The third-order valence-electron chi connectivity index (χ3n) is 3.23. The maximum Gasteiger partial charge on any atom is 0.224 e. The minimum atomic E-state index is -0.695. The second-order valence-electron chi connectivity index (χ2n) is 4.60. The summed E-state index contributed by atoms with van der Waals surface area (Å²) in [4.78, 5) is 23.7. The van der Waals surface area contributed by atoms with Gasteiger partial charge in [-0.3, -0.25) is 9.59 Å². The molecular formula is C14H8Cl2FNO2S. The highest BCUT2D eigenvalue weighted by Gasteiger charge is 2.23. The SMILES string of the molecule is O=C1CCc2cc(C(=O)c3cc(Cl)sc3Cl)c(F)cc2N1. The highest BCUT2D eigenvalue weighted by atomic mass is 35.5. The van der Waals surface area contributed by atoms with E-state index < -0.39 is 11.6 Å². The largest absolute Gasteiger partial charge is 0.326 e. The van der Waals surface area contributed by atoms with Crippen molar-refractivity contribution in [3.63, 3.8) is 0 Å². The molecule has 0 saturated carbocycles. The average Bonchev–Trinajstić information content (AvgIpc) is 2.76. The lowest BCUT2D eigenvalue weighted by Crippen LogP contribution is -2.20. The van der Waals surface area contributed by atoms with Crippen LogP contribution in [0.15, 0.2) is 18.2 Å². The molecule has 21 heavy (non-hydrogen) atoms. The zero-order chi connectivity index (χ0) is 15.1. The van der Waals surface area contributed by atoms with Crippen molar-refractivity contribution in [2.75, 3.05) is 5.32 Å². The van der Waals surface area contributed by atoms with E-state index in [-0.39, 0.29) is 21.4 Å². The lowest BCUT2D eigenvalue weighted by molar-refractivity contribution is -0.116. The van der Waals surface area contributed by atoms with E-state index in [1.807, 2.05) is 0 Å². The Hall–Kier alpha value is -1.43. The summed E-state index contributed by atoms with van der Waals surface area (Å²) < 4.78 is 14.7. The highest BCUT2D eigenvalue weighted by molar-refractivity contribution is 7.20. The quantitative estimate of drug-likeness (QED) is 0.826. The van der Waals surface area contributed by atoms with Gasteiger partial charge in [-0.25, -0.2) is 4.39 Å². The van der Waals surface area contributed by atoms with E-state index in [4.69, 9.17) is 23.2 Å². The van der Waals surface area contributed by atoms with Gasteiger partial charge in [-0.1, -0.05) is 23.2 Å². The molecule has 1 aromatic heterocycles. The lowest BCUT2D eigenvalue weighted by Gasteiger charge is -2.17. The van der Waals surface area contributed by atoms with Crippen LogP contribution >= 0.6 is 34.5 Å². The number of halogens is 3. The van der Waals surface area contributed by atoms with Crippen molar-refractivity contribution in [1.29, 1.82) is 0 Å². The van der Waals surface area contributed by atoms with Crippen molar-refractivity contribution in [3.8, 4) is 0 Å². The van der Waals surface area contributed by atoms with Gasteiger partial charge in [0.25, 0.3) is 0 Å². The Balaban J connectivity index is 2.05. The van der Waals surface area contributed by atoms with Crippen LogP contribution < -0.4 is 5.32 Å². The van der Waals surface area contributed by atoms with E-state index in [0.717, 1.165) is 16.9 Å². The van der Waals surface area contributed by atoms with Gasteiger partial charge in [0.15, 0.2) is 5.78 Å². The number of anilines is 1. The lowest BCUT2D eigenvalue weighted by atomic mass is 9.96. The number of ketones is 1. The van der Waals surface area contributed by atoms with E-state index >= 15 is 0 Å². The fraction of sp³-hybridized carbons (Fsp3) is 0.143. The van der Waals surface area contributed by atoms with Gasteiger partial charge in [-0.15, -0.1) is 11.3 Å². The molecular weight excluding hydrogens is 336 g/mol. The molecule has 2 heterocycles. The Bertz CT molecular complexity index is 773. The Labute approximate surface area is 133 Å². The topological polar surface area (TPSA) is 46.2 Å². The first-order chi connectivity index (χ1) is 9.95. The number of aryl methyl sites for hydroxylation is 1. The smallest absolute Gasteiger partial charge is 0.224 e. The van der Waals surface area contributed by atoms with Crippen LogP contribution in [0.1, 0.15) is 27.9 Å². The summed E-state index contributed by atoms with van der Waals surface area (Å²) in [5.74, 6) is -1.37. The molecule has 3 nitrogen and oxygen atoms in total. The Morgan fingerprint density at radius 2 is 1.95 bits per heavy atom. The zero-order valence-corrected chi connectivity index (χ0v) is 12.8. The summed E-state index contributed by atoms with van der Waals surface area (Å²) in [6.07, 6.45) is 0.789. The summed E-state index contributed by atoms with van der Waals surface area (Å²) in [6.45, 7) is 0. The Morgan fingerprint density at radius 1 is 1.19 bits per heavy atom. The molecule has 2 aromatic rings. The van der Waals surface area contributed by atoms with E-state index in [0.29, 0.717) is 22.9 Å². The third-order valence-corrected chi connectivity index (χ3v) is 4.72. The molecule has 108 valence electrons. The molecule has 1 N–H and O–H groups in total. The van der Waals surface area contributed by atoms with Gasteiger partial charge in [0, 0.05) is 12.1 Å². The van der Waals surface area contributed by atoms with Gasteiger partial charge in [-0.2, -0.15) is 0 Å². The molecule has 3 rings (SSSR count). The van der Waals surface area contributed by atoms with E-state index in [2.05, 4.69) is 5.32 Å². The summed E-state index contributed by atoms with van der Waals surface area (Å²) in [5, 5.41) is 2.59. The summed E-state index contributed by atoms with van der Waals surface area (Å²) >= 11 is 12.8. The first kappa shape index (κ1) is 14.5. The van der Waals surface area contributed by atoms with Crippen molar-refractivity contribution in [1.82, 2.24) is 0 Å². The number of hydrogen-bond donors (Lipinski definition) is 1. The van der Waals surface area contributed by atoms with Gasteiger partial charge in [-0.05, 0) is 30.2 Å². The number of benzene rings is 1. The van der Waals surface area contributed by atoms with E-state index in [1.165, 1.54) is 18.2 Å². The van der Waals surface area contributed by atoms with Crippen LogP contribution in [-0.2, 0) is 11.2 Å². The van der Waals surface area contributed by atoms with Crippen LogP contribution in [0, 0.1) is 5.82 Å². The summed E-state index contributed by atoms with van der Waals surface area (Å²) in [7, 11) is 0. The maximum absolute atomic E-state index is 14.1. The number of rotatable bonds is 2. The minimum absolute atomic E-state index is 0.0683. The van der Waals surface area contributed by atoms with Crippen molar-refractivity contribution >= 4 is 51.9 Å². The van der Waals surface area contributed by atoms with Crippen LogP contribution in [0.3, 0.4) is 0 Å². The standard InChI is InChI=1S/C14H8Cl2FNO2S/c15-11-4-8(14(16)21-11)13(20)7-3-6-1-2-12(19)18-10(6)5-9(7)17/h3-5H,1-2H2,(H,18,19). The van der Waals surface area contributed by atoms with Crippen LogP contribution in [0.25, 0.3) is 0 Å². The number of carbonyl (C=O) groups is 2. The van der Waals surface area contributed by atoms with Gasteiger partial charge >= 0.3 is 0 Å². The Morgan fingerprint density at radius 3 is 2.62 bits per heavy atom. The van der Waals surface area contributed by atoms with Crippen molar-refractivity contribution in [2.24, 2.45) is 0 Å². The molecule has 0 atom stereocenters. The number of hydrogen-bond acceptors (Lipinski definition) is 3. The van der Waals surface area contributed by atoms with Crippen molar-refractivity contribution in [3.05, 3.63) is 49.4 Å². The first-order valence-corrected chi connectivity index (χ1v) is 7.65. The minimum Gasteiger partial charge on any atom is -0.326 e. The monoisotopic (exact) mass is 343 g/mol. The van der Waals surface area contributed by atoms with Gasteiger partial charge in [0.2, 0.25) is 5.91 Å². The number of carbonyl (C=O) groups excluding carboxylic acids is 2. The molecule has 0 bridgehead atoms. The molecule has 1 amide bonds. The average molecular weight is 344 g/mol. The first-order valence-electron chi connectivity index (χ1n) is 6.07. The van der Waals surface area contributed by atoms with Gasteiger partial charge in [0.1, 0.15) is 10.2 Å². The predicted molar refractivity (Wildman–Crippen MR) is 81.1 cm³/mol. The predicted octanol–water partition coefficient (Wildman–Crippen LogP) is 4.31. The van der Waals surface area contributed by atoms with E-state index in [9.17, 15) is 14.0 Å². The zero-order valence-electron chi connectivity index (χ0n) is 10.5. The number of nitrogens with one attached hydrogen (secondary N) is 1. The molecule has 1 aromatic carbocycles. The van der Waals surface area contributed by atoms with Crippen LogP contribution in [0.2, 0.25) is 8.67 Å². The Kier molecular flexibility index (Phi) is 3.73. The van der Waals surface area contributed by atoms with E-state index in [1.54, 1.807) is 0 Å².